The minimum atomic E-state index is -2.33. The van der Waals surface area contributed by atoms with Gasteiger partial charge in [-0.15, -0.1) is 0 Å². The second kappa shape index (κ2) is 9.90. The Morgan fingerprint density at radius 3 is 0.778 bits per heavy atom. The van der Waals surface area contributed by atoms with Crippen LogP contribution in [0.4, 0.5) is 9.59 Å². The molecule has 0 radical (unpaired) electrons. The van der Waals surface area contributed by atoms with Gasteiger partial charge < -0.3 is 30.0 Å². The molecule has 0 fully saturated rings. The van der Waals surface area contributed by atoms with Gasteiger partial charge in [-0.05, 0) is 12.3 Å². The average molecular weight is 148 g/mol. The first kappa shape index (κ1) is 15.7. The number of hydrogen-bond acceptors (Lipinski definition) is 6. The Balaban J connectivity index is -0.0000000720. The molecule has 0 saturated carbocycles. The van der Waals surface area contributed by atoms with E-state index in [4.69, 9.17) is 30.0 Å². The number of rotatable bonds is 0. The zero-order valence-electron chi connectivity index (χ0n) is 3.95. The molecule has 0 aromatic carbocycles. The summed E-state index contributed by atoms with van der Waals surface area (Å²) in [6.45, 7) is 0. The quantitative estimate of drug-likeness (QED) is 0.316. The third-order valence-corrected chi connectivity index (χ3v) is 0. The Morgan fingerprint density at radius 2 is 0.778 bits per heavy atom. The number of hydrogen-bond donors (Lipinski definition) is 0. The zero-order valence-corrected chi connectivity index (χ0v) is 4.95. The Bertz CT molecular complexity index is 69.1. The molecule has 0 aliphatic carbocycles. The first-order valence-electron chi connectivity index (χ1n) is 1.22. The number of carbonyl (C=O) groups excluding carboxylic acids is 2. The van der Waals surface area contributed by atoms with Crippen molar-refractivity contribution >= 4 is 23.3 Å². The van der Waals surface area contributed by atoms with Gasteiger partial charge in [0.15, 0.2) is 0 Å². The molecule has 0 unspecified atom stereocenters. The van der Waals surface area contributed by atoms with Gasteiger partial charge in [0.1, 0.15) is 0 Å². The largest absolute Gasteiger partial charge is 4.00 e. The fourth-order valence-electron chi connectivity index (χ4n) is 0. The Hall–Kier alpha value is -1.24. The molecule has 0 amide bonds. The van der Waals surface area contributed by atoms with Crippen molar-refractivity contribution in [3.05, 3.63) is 0 Å². The average Bonchev–Trinajstić information content (AvgIpc) is 1.25. The second-order valence-corrected chi connectivity index (χ2v) is 0.500. The van der Waals surface area contributed by atoms with Crippen LogP contribution in [0.3, 0.4) is 0 Å². The Morgan fingerprint density at radius 1 is 0.778 bits per heavy atom. The van der Waals surface area contributed by atoms with Crippen molar-refractivity contribution in [2.24, 2.45) is 0 Å². The van der Waals surface area contributed by atoms with Gasteiger partial charge in [-0.25, -0.2) is 0 Å². The molecule has 0 saturated heterocycles. The molecule has 0 aliphatic rings. The maximum Gasteiger partial charge on any atom is 4.00 e. The van der Waals surface area contributed by atoms with Crippen molar-refractivity contribution in [1.82, 2.24) is 0 Å². The van der Waals surface area contributed by atoms with Crippen molar-refractivity contribution in [2.75, 3.05) is 0 Å². The molecule has 0 aliphatic heterocycles. The number of carboxylic acid groups (broad SMARTS) is 4. The smallest absolute Gasteiger partial charge is 0.652 e. The topological polar surface area (TPSA) is 126 Å². The maximum absolute atomic E-state index is 8.33. The first-order chi connectivity index (χ1) is 3.46. The van der Waals surface area contributed by atoms with E-state index in [1.807, 2.05) is 0 Å². The van der Waals surface area contributed by atoms with Gasteiger partial charge >= 0.3 is 11.0 Å². The van der Waals surface area contributed by atoms with E-state index in [0.29, 0.717) is 0 Å². The van der Waals surface area contributed by atoms with Gasteiger partial charge in [-0.1, -0.05) is 0 Å². The molecule has 48 valence electrons. The van der Waals surface area contributed by atoms with Gasteiger partial charge in [0.2, 0.25) is 0 Å². The molecule has 0 aromatic rings. The van der Waals surface area contributed by atoms with Crippen LogP contribution in [0.25, 0.3) is 0 Å². The molecule has 7 heteroatoms. The van der Waals surface area contributed by atoms with E-state index in [9.17, 15) is 0 Å². The summed E-state index contributed by atoms with van der Waals surface area (Å²) in [6, 6.07) is 0. The normalized spacial score (nSPS) is 5.33. The molecule has 0 spiro atoms. The summed E-state index contributed by atoms with van der Waals surface area (Å²) in [5, 5.41) is 33.3. The fraction of sp³-hybridized carbons (Fsp3) is 0. The van der Waals surface area contributed by atoms with Crippen LogP contribution in [-0.4, -0.2) is 23.3 Å². The SMILES string of the molecule is O=C([O-])[O-].O=C([O-])[O-].[Si+4]. The molecule has 0 N–H and O–H groups in total. The summed E-state index contributed by atoms with van der Waals surface area (Å²) in [5.41, 5.74) is 0. The number of carbonyl (C=O) groups is 2. The van der Waals surface area contributed by atoms with E-state index >= 15 is 0 Å². The minimum Gasteiger partial charge on any atom is -0.652 e. The summed E-state index contributed by atoms with van der Waals surface area (Å²) in [5.74, 6) is 0. The molecular weight excluding hydrogens is 148 g/mol. The first-order valence-corrected chi connectivity index (χ1v) is 1.22. The van der Waals surface area contributed by atoms with Crippen LogP contribution in [0.5, 0.6) is 0 Å². The van der Waals surface area contributed by atoms with Crippen LogP contribution in [0.2, 0.25) is 0 Å². The maximum atomic E-state index is 8.33. The minimum absolute atomic E-state index is 0. The van der Waals surface area contributed by atoms with E-state index in [-0.39, 0.29) is 11.0 Å². The second-order valence-electron chi connectivity index (χ2n) is 0.500. The van der Waals surface area contributed by atoms with Crippen molar-refractivity contribution in [2.45, 2.75) is 0 Å². The predicted molar refractivity (Wildman–Crippen MR) is 16.5 cm³/mol. The van der Waals surface area contributed by atoms with Crippen LogP contribution >= 0.6 is 0 Å². The van der Waals surface area contributed by atoms with E-state index in [1.54, 1.807) is 0 Å². The molecule has 9 heavy (non-hydrogen) atoms. The summed E-state index contributed by atoms with van der Waals surface area (Å²) in [7, 11) is 0. The van der Waals surface area contributed by atoms with Crippen molar-refractivity contribution in [3.63, 3.8) is 0 Å². The molecule has 6 nitrogen and oxygen atoms in total. The standard InChI is InChI=1S/2CH2O3.Si/c2*2-1(3)4;/h2*(H2,2,3,4);/q;;+4/p-4. The van der Waals surface area contributed by atoms with E-state index in [1.165, 1.54) is 0 Å². The van der Waals surface area contributed by atoms with Gasteiger partial charge in [0.05, 0.1) is 0 Å². The fourth-order valence-corrected chi connectivity index (χ4v) is 0. The molecule has 0 bridgehead atoms. The van der Waals surface area contributed by atoms with Gasteiger partial charge in [-0.2, -0.15) is 0 Å². The van der Waals surface area contributed by atoms with Crippen molar-refractivity contribution < 1.29 is 30.0 Å². The summed E-state index contributed by atoms with van der Waals surface area (Å²) in [4.78, 5) is 16.7. The van der Waals surface area contributed by atoms with Crippen LogP contribution in [0, 0.1) is 0 Å². The van der Waals surface area contributed by atoms with Crippen LogP contribution < -0.4 is 20.4 Å². The van der Waals surface area contributed by atoms with Gasteiger partial charge in [0.25, 0.3) is 0 Å². The van der Waals surface area contributed by atoms with Crippen LogP contribution in [0.1, 0.15) is 0 Å². The van der Waals surface area contributed by atoms with E-state index in [0.717, 1.165) is 0 Å². The molecular formula is C2O6Si. The van der Waals surface area contributed by atoms with Crippen LogP contribution in [-0.2, 0) is 0 Å². The molecule has 0 rings (SSSR count). The summed E-state index contributed by atoms with van der Waals surface area (Å²) < 4.78 is 0. The van der Waals surface area contributed by atoms with Crippen molar-refractivity contribution in [1.29, 1.82) is 0 Å². The zero-order chi connectivity index (χ0) is 7.15. The Labute approximate surface area is 54.4 Å². The monoisotopic (exact) mass is 148 g/mol. The van der Waals surface area contributed by atoms with Crippen molar-refractivity contribution in [3.8, 4) is 0 Å². The summed E-state index contributed by atoms with van der Waals surface area (Å²) in [6.07, 6.45) is -4.67. The predicted octanol–water partition coefficient (Wildman–Crippen LogP) is -5.27. The third-order valence-electron chi connectivity index (χ3n) is 0. The molecule has 0 aromatic heterocycles. The summed E-state index contributed by atoms with van der Waals surface area (Å²) >= 11 is 0. The molecule has 0 heterocycles. The van der Waals surface area contributed by atoms with E-state index < -0.39 is 12.3 Å². The third kappa shape index (κ3) is 98.9. The van der Waals surface area contributed by atoms with Gasteiger partial charge in [0, 0.05) is 0 Å². The van der Waals surface area contributed by atoms with E-state index in [2.05, 4.69) is 0 Å². The van der Waals surface area contributed by atoms with Gasteiger partial charge in [-0.3, -0.25) is 0 Å². The Kier molecular flexibility index (Phi) is 17.2. The molecule has 0 atom stereocenters. The van der Waals surface area contributed by atoms with Crippen LogP contribution in [0.15, 0.2) is 0 Å².